The molecule has 152 valence electrons. The van der Waals surface area contributed by atoms with Crippen molar-refractivity contribution in [3.8, 4) is 0 Å². The predicted molar refractivity (Wildman–Crippen MR) is 104 cm³/mol. The first-order valence-corrected chi connectivity index (χ1v) is 12.6. The zero-order chi connectivity index (χ0) is 19.7. The molecule has 2 aliphatic heterocycles. The van der Waals surface area contributed by atoms with Gasteiger partial charge in [0.05, 0.1) is 42.5 Å². The Morgan fingerprint density at radius 1 is 0.926 bits per heavy atom. The third kappa shape index (κ3) is 4.22. The first-order chi connectivity index (χ1) is 12.8. The molecule has 0 aliphatic carbocycles. The molecule has 1 aromatic rings. The molecular weight excluding hydrogens is 386 g/mol. The molecule has 2 aliphatic rings. The van der Waals surface area contributed by atoms with Gasteiger partial charge in [0.25, 0.3) is 0 Å². The van der Waals surface area contributed by atoms with Crippen LogP contribution in [0.4, 0.5) is 0 Å². The first kappa shape index (κ1) is 20.7. The van der Waals surface area contributed by atoms with Crippen LogP contribution in [0.1, 0.15) is 33.1 Å². The fourth-order valence-electron chi connectivity index (χ4n) is 3.89. The van der Waals surface area contributed by atoms with Crippen LogP contribution in [0.25, 0.3) is 0 Å². The smallest absolute Gasteiger partial charge is 0.243 e. The van der Waals surface area contributed by atoms with Crippen molar-refractivity contribution < 1.29 is 21.7 Å². The maximum absolute atomic E-state index is 12.9. The van der Waals surface area contributed by atoms with Gasteiger partial charge in [-0.15, -0.1) is 0 Å². The van der Waals surface area contributed by atoms with Crippen molar-refractivity contribution in [1.82, 2.24) is 8.61 Å². The molecule has 0 saturated carbocycles. The highest BCUT2D eigenvalue weighted by Crippen LogP contribution is 2.26. The molecule has 2 saturated heterocycles. The monoisotopic (exact) mass is 416 g/mol. The number of hydrogen-bond acceptors (Lipinski definition) is 4. The van der Waals surface area contributed by atoms with Crippen LogP contribution < -0.4 is 4.90 Å². The van der Waals surface area contributed by atoms with Gasteiger partial charge in [-0.05, 0) is 51.0 Å². The minimum Gasteiger partial charge on any atom is -0.333 e. The number of quaternary nitrogens is 1. The molecule has 0 aromatic heterocycles. The Balaban J connectivity index is 1.78. The van der Waals surface area contributed by atoms with Crippen molar-refractivity contribution in [2.45, 2.75) is 48.9 Å². The average molecular weight is 417 g/mol. The number of rotatable bonds is 5. The van der Waals surface area contributed by atoms with Crippen molar-refractivity contribution in [2.24, 2.45) is 0 Å². The number of nitrogens with zero attached hydrogens (tertiary/aromatic N) is 2. The molecule has 2 heterocycles. The number of likely N-dealkylation sites (N-methyl/N-ethyl adjacent to an activating group) is 1. The zero-order valence-corrected chi connectivity index (χ0v) is 17.7. The molecule has 1 N–H and O–H groups in total. The maximum Gasteiger partial charge on any atom is 0.243 e. The van der Waals surface area contributed by atoms with E-state index in [-0.39, 0.29) is 15.8 Å². The van der Waals surface area contributed by atoms with Gasteiger partial charge in [0.2, 0.25) is 20.0 Å². The largest absolute Gasteiger partial charge is 0.333 e. The topological polar surface area (TPSA) is 79.2 Å². The molecule has 0 radical (unpaired) electrons. The van der Waals surface area contributed by atoms with Crippen LogP contribution in [0.2, 0.25) is 0 Å². The lowest BCUT2D eigenvalue weighted by Crippen LogP contribution is -3.14. The zero-order valence-electron chi connectivity index (χ0n) is 16.1. The van der Waals surface area contributed by atoms with E-state index in [2.05, 4.69) is 6.92 Å². The lowest BCUT2D eigenvalue weighted by molar-refractivity contribution is -0.901. The second-order valence-electron chi connectivity index (χ2n) is 7.44. The van der Waals surface area contributed by atoms with Gasteiger partial charge in [0, 0.05) is 12.6 Å². The van der Waals surface area contributed by atoms with Gasteiger partial charge in [-0.1, -0.05) is 6.42 Å². The van der Waals surface area contributed by atoms with Gasteiger partial charge in [-0.3, -0.25) is 0 Å². The van der Waals surface area contributed by atoms with Crippen LogP contribution in [-0.2, 0) is 20.0 Å². The Morgan fingerprint density at radius 2 is 1.48 bits per heavy atom. The maximum atomic E-state index is 12.9. The lowest BCUT2D eigenvalue weighted by Gasteiger charge is -2.32. The van der Waals surface area contributed by atoms with Crippen LogP contribution in [-0.4, -0.2) is 70.8 Å². The van der Waals surface area contributed by atoms with Gasteiger partial charge < -0.3 is 4.90 Å². The van der Waals surface area contributed by atoms with Gasteiger partial charge in [-0.2, -0.15) is 8.61 Å². The number of piperidine rings is 1. The highest BCUT2D eigenvalue weighted by atomic mass is 32.2. The minimum atomic E-state index is -3.59. The molecule has 1 aromatic carbocycles. The van der Waals surface area contributed by atoms with E-state index in [1.54, 1.807) is 0 Å². The number of nitrogens with one attached hydrogen (secondary N) is 1. The fourth-order valence-corrected chi connectivity index (χ4v) is 7.03. The third-order valence-corrected chi connectivity index (χ3v) is 9.68. The minimum absolute atomic E-state index is 0.0236. The van der Waals surface area contributed by atoms with Gasteiger partial charge in [0.1, 0.15) is 0 Å². The molecule has 0 amide bonds. The summed E-state index contributed by atoms with van der Waals surface area (Å²) in [5.41, 5.74) is 0. The van der Waals surface area contributed by atoms with E-state index in [0.717, 1.165) is 38.9 Å². The van der Waals surface area contributed by atoms with Crippen LogP contribution in [0, 0.1) is 0 Å². The van der Waals surface area contributed by atoms with Gasteiger partial charge >= 0.3 is 0 Å². The van der Waals surface area contributed by atoms with E-state index in [0.29, 0.717) is 19.6 Å². The summed E-state index contributed by atoms with van der Waals surface area (Å²) in [5, 5.41) is 0. The van der Waals surface area contributed by atoms with Crippen LogP contribution in [0.15, 0.2) is 34.1 Å². The average Bonchev–Trinajstić information content (AvgIpc) is 2.68. The first-order valence-electron chi connectivity index (χ1n) is 9.72. The van der Waals surface area contributed by atoms with E-state index >= 15 is 0 Å². The van der Waals surface area contributed by atoms with Gasteiger partial charge in [0.15, 0.2) is 0 Å². The molecule has 27 heavy (non-hydrogen) atoms. The van der Waals surface area contributed by atoms with E-state index < -0.39 is 20.0 Å². The summed E-state index contributed by atoms with van der Waals surface area (Å²) in [7, 11) is -7.17. The number of hydrogen-bond donors (Lipinski definition) is 1. The SMILES string of the molecule is CC[NH+]1CCN(S(=O)(=O)c2ccc(S(=O)(=O)N3CCCC[C@@H]3C)cc2)CC1. The number of piperazine rings is 1. The van der Waals surface area contributed by atoms with Crippen LogP contribution in [0.3, 0.4) is 0 Å². The molecule has 0 spiro atoms. The summed E-state index contributed by atoms with van der Waals surface area (Å²) in [4.78, 5) is 1.72. The van der Waals surface area contributed by atoms with Crippen molar-refractivity contribution in [3.63, 3.8) is 0 Å². The molecule has 7 nitrogen and oxygen atoms in total. The van der Waals surface area contributed by atoms with Gasteiger partial charge in [-0.25, -0.2) is 16.8 Å². The summed E-state index contributed by atoms with van der Waals surface area (Å²) in [6.45, 7) is 8.13. The Morgan fingerprint density at radius 3 is 2.00 bits per heavy atom. The van der Waals surface area contributed by atoms with Crippen LogP contribution in [0.5, 0.6) is 0 Å². The third-order valence-electron chi connectivity index (χ3n) is 5.74. The van der Waals surface area contributed by atoms with Crippen LogP contribution >= 0.6 is 0 Å². The summed E-state index contributed by atoms with van der Waals surface area (Å²) >= 11 is 0. The summed E-state index contributed by atoms with van der Waals surface area (Å²) < 4.78 is 54.5. The molecule has 2 fully saturated rings. The highest BCUT2D eigenvalue weighted by molar-refractivity contribution is 7.89. The second-order valence-corrected chi connectivity index (χ2v) is 11.3. The lowest BCUT2D eigenvalue weighted by atomic mass is 10.1. The molecule has 0 unspecified atom stereocenters. The molecule has 3 rings (SSSR count). The normalized spacial score (nSPS) is 24.1. The predicted octanol–water partition coefficient (Wildman–Crippen LogP) is 0.159. The summed E-state index contributed by atoms with van der Waals surface area (Å²) in [6.07, 6.45) is 2.76. The van der Waals surface area contributed by atoms with E-state index in [9.17, 15) is 16.8 Å². The Bertz CT molecular complexity index is 845. The number of sulfonamides is 2. The summed E-state index contributed by atoms with van der Waals surface area (Å²) in [6, 6.07) is 5.68. The quantitative estimate of drug-likeness (QED) is 0.742. The number of benzene rings is 1. The van der Waals surface area contributed by atoms with E-state index in [1.807, 2.05) is 6.92 Å². The van der Waals surface area contributed by atoms with Crippen molar-refractivity contribution in [3.05, 3.63) is 24.3 Å². The second kappa shape index (κ2) is 8.16. The standard InChI is InChI=1S/C18H29N3O4S2/c1-3-19-12-14-20(15-13-19)26(22,23)17-7-9-18(10-8-17)27(24,25)21-11-5-4-6-16(21)2/h7-10,16H,3-6,11-15H2,1-2H3/p+1/t16-/m0/s1. The molecule has 1 atom stereocenters. The van der Waals surface area contributed by atoms with Crippen molar-refractivity contribution in [2.75, 3.05) is 39.3 Å². The highest BCUT2D eigenvalue weighted by Gasteiger charge is 2.33. The molecule has 0 bridgehead atoms. The molecule has 9 heteroatoms. The molecular formula is C18H30N3O4S2+. The fraction of sp³-hybridized carbons (Fsp3) is 0.667. The van der Waals surface area contributed by atoms with Crippen molar-refractivity contribution in [1.29, 1.82) is 0 Å². The van der Waals surface area contributed by atoms with Crippen molar-refractivity contribution >= 4 is 20.0 Å². The van der Waals surface area contributed by atoms with E-state index in [1.165, 1.54) is 37.8 Å². The summed E-state index contributed by atoms with van der Waals surface area (Å²) in [5.74, 6) is 0. The Hall–Kier alpha value is -1.00. The Labute approximate surface area is 163 Å². The van der Waals surface area contributed by atoms with E-state index in [4.69, 9.17) is 0 Å². The Kier molecular flexibility index (Phi) is 6.27.